The maximum atomic E-state index is 5.68. The fraction of sp³-hybridized carbons (Fsp3) is 1.00. The minimum atomic E-state index is 0.217. The number of fused-ring (bicyclic) bond motifs is 2. The summed E-state index contributed by atoms with van der Waals surface area (Å²) in [5.74, 6) is 3.11. The van der Waals surface area contributed by atoms with Gasteiger partial charge >= 0.3 is 0 Å². The van der Waals surface area contributed by atoms with Gasteiger partial charge in [0.05, 0.1) is 5.60 Å². The molecule has 3 rings (SSSR count). The summed E-state index contributed by atoms with van der Waals surface area (Å²) in [7, 11) is 1.88. The van der Waals surface area contributed by atoms with Crippen molar-refractivity contribution in [1.82, 2.24) is 5.32 Å². The van der Waals surface area contributed by atoms with Crippen molar-refractivity contribution in [2.45, 2.75) is 37.7 Å². The van der Waals surface area contributed by atoms with E-state index in [1.165, 1.54) is 32.1 Å². The minimum absolute atomic E-state index is 0.217. The molecule has 3 aliphatic rings. The van der Waals surface area contributed by atoms with Crippen molar-refractivity contribution in [1.29, 1.82) is 0 Å². The van der Waals surface area contributed by atoms with Crippen LogP contribution in [-0.2, 0) is 4.74 Å². The van der Waals surface area contributed by atoms with E-state index in [1.54, 1.807) is 0 Å². The first-order valence-corrected chi connectivity index (χ1v) is 6.07. The molecule has 0 aromatic carbocycles. The summed E-state index contributed by atoms with van der Waals surface area (Å²) in [6.45, 7) is 2.16. The lowest BCUT2D eigenvalue weighted by molar-refractivity contribution is -0.0721. The predicted molar refractivity (Wildman–Crippen MR) is 56.2 cm³/mol. The van der Waals surface area contributed by atoms with Crippen LogP contribution < -0.4 is 5.32 Å². The van der Waals surface area contributed by atoms with Crippen molar-refractivity contribution in [2.75, 3.05) is 20.2 Å². The van der Waals surface area contributed by atoms with Crippen LogP contribution in [0.3, 0.4) is 0 Å². The number of hydrogen-bond acceptors (Lipinski definition) is 2. The maximum absolute atomic E-state index is 5.68. The fourth-order valence-corrected chi connectivity index (χ4v) is 3.88. The first-order chi connectivity index (χ1) is 6.81. The van der Waals surface area contributed by atoms with Gasteiger partial charge in [-0.25, -0.2) is 0 Å². The number of nitrogens with one attached hydrogen (secondary N) is 1. The van der Waals surface area contributed by atoms with Crippen molar-refractivity contribution in [3.05, 3.63) is 0 Å². The van der Waals surface area contributed by atoms with Crippen LogP contribution >= 0.6 is 0 Å². The molecule has 1 saturated heterocycles. The maximum Gasteiger partial charge on any atom is 0.0928 e. The molecule has 1 aliphatic heterocycles. The average Bonchev–Trinajstić information content (AvgIpc) is 2.72. The van der Waals surface area contributed by atoms with Gasteiger partial charge in [-0.2, -0.15) is 0 Å². The van der Waals surface area contributed by atoms with Crippen LogP contribution in [0, 0.1) is 17.8 Å². The summed E-state index contributed by atoms with van der Waals surface area (Å²) in [6, 6.07) is 0. The van der Waals surface area contributed by atoms with Crippen molar-refractivity contribution in [3.8, 4) is 0 Å². The Labute approximate surface area is 86.4 Å². The Balaban J connectivity index is 1.62. The third kappa shape index (κ3) is 1.31. The molecule has 2 nitrogen and oxygen atoms in total. The monoisotopic (exact) mass is 195 g/mol. The molecule has 1 N–H and O–H groups in total. The van der Waals surface area contributed by atoms with E-state index < -0.39 is 0 Å². The second-order valence-corrected chi connectivity index (χ2v) is 5.63. The lowest BCUT2D eigenvalue weighted by Crippen LogP contribution is -2.61. The van der Waals surface area contributed by atoms with Crippen LogP contribution in [0.1, 0.15) is 32.1 Å². The first kappa shape index (κ1) is 9.17. The molecular formula is C12H21NO. The Morgan fingerprint density at radius 1 is 1.29 bits per heavy atom. The van der Waals surface area contributed by atoms with Gasteiger partial charge in [-0.1, -0.05) is 6.42 Å². The summed E-state index contributed by atoms with van der Waals surface area (Å²) in [5.41, 5.74) is 0.217. The van der Waals surface area contributed by atoms with Crippen molar-refractivity contribution >= 4 is 0 Å². The Bertz CT molecular complexity index is 219. The molecular weight excluding hydrogens is 174 g/mol. The zero-order valence-corrected chi connectivity index (χ0v) is 9.09. The highest BCUT2D eigenvalue weighted by molar-refractivity contribution is 5.00. The highest BCUT2D eigenvalue weighted by Crippen LogP contribution is 2.51. The van der Waals surface area contributed by atoms with E-state index in [9.17, 15) is 0 Å². The topological polar surface area (TPSA) is 21.3 Å². The number of ether oxygens (including phenoxy) is 1. The van der Waals surface area contributed by atoms with Crippen LogP contribution in [0.25, 0.3) is 0 Å². The molecule has 2 heteroatoms. The second kappa shape index (κ2) is 3.21. The third-order valence-corrected chi connectivity index (χ3v) is 4.85. The smallest absolute Gasteiger partial charge is 0.0928 e. The summed E-state index contributed by atoms with van der Waals surface area (Å²) in [6.07, 6.45) is 7.35. The molecule has 2 saturated carbocycles. The molecule has 0 radical (unpaired) electrons. The molecule has 0 aromatic heterocycles. The number of methoxy groups -OCH3 is 1. The molecule has 0 aromatic rings. The van der Waals surface area contributed by atoms with E-state index in [4.69, 9.17) is 4.74 Å². The van der Waals surface area contributed by atoms with Crippen LogP contribution in [0.5, 0.6) is 0 Å². The minimum Gasteiger partial charge on any atom is -0.376 e. The highest BCUT2D eigenvalue weighted by atomic mass is 16.5. The molecule has 3 fully saturated rings. The zero-order chi connectivity index (χ0) is 9.60. The van der Waals surface area contributed by atoms with Gasteiger partial charge in [0.15, 0.2) is 0 Å². The van der Waals surface area contributed by atoms with Gasteiger partial charge in [-0.05, 0) is 43.4 Å². The van der Waals surface area contributed by atoms with Crippen molar-refractivity contribution in [3.63, 3.8) is 0 Å². The Hall–Kier alpha value is -0.0800. The summed E-state index contributed by atoms with van der Waals surface area (Å²) >= 11 is 0. The van der Waals surface area contributed by atoms with E-state index in [-0.39, 0.29) is 5.60 Å². The number of hydrogen-bond donors (Lipinski definition) is 1. The van der Waals surface area contributed by atoms with Gasteiger partial charge in [0.2, 0.25) is 0 Å². The Kier molecular flexibility index (Phi) is 2.10. The molecule has 2 aliphatic carbocycles. The quantitative estimate of drug-likeness (QED) is 0.741. The molecule has 1 heterocycles. The van der Waals surface area contributed by atoms with E-state index in [2.05, 4.69) is 5.32 Å². The van der Waals surface area contributed by atoms with Crippen LogP contribution in [0.2, 0.25) is 0 Å². The summed E-state index contributed by atoms with van der Waals surface area (Å²) < 4.78 is 5.68. The Morgan fingerprint density at radius 3 is 2.57 bits per heavy atom. The predicted octanol–water partition coefficient (Wildman–Crippen LogP) is 1.80. The van der Waals surface area contributed by atoms with Gasteiger partial charge in [0.1, 0.15) is 0 Å². The summed E-state index contributed by atoms with van der Waals surface area (Å²) in [4.78, 5) is 0. The Morgan fingerprint density at radius 2 is 2.14 bits per heavy atom. The van der Waals surface area contributed by atoms with Gasteiger partial charge in [0, 0.05) is 20.2 Å². The van der Waals surface area contributed by atoms with E-state index in [0.29, 0.717) is 0 Å². The molecule has 0 spiro atoms. The fourth-order valence-electron chi connectivity index (χ4n) is 3.88. The highest BCUT2D eigenvalue weighted by Gasteiger charge is 2.46. The molecule has 14 heavy (non-hydrogen) atoms. The molecule has 0 amide bonds. The van der Waals surface area contributed by atoms with E-state index in [0.717, 1.165) is 30.8 Å². The zero-order valence-electron chi connectivity index (χ0n) is 9.09. The molecule has 3 atom stereocenters. The number of rotatable bonds is 3. The standard InChI is InChI=1S/C12H21NO/c1-14-12(7-13-8-12)6-11-5-9-2-3-10(11)4-9/h9-11,13H,2-8H2,1H3. The molecule has 80 valence electrons. The van der Waals surface area contributed by atoms with Gasteiger partial charge < -0.3 is 10.1 Å². The van der Waals surface area contributed by atoms with E-state index >= 15 is 0 Å². The van der Waals surface area contributed by atoms with Gasteiger partial charge in [-0.3, -0.25) is 0 Å². The SMILES string of the molecule is COC1(CC2CC3CCC2C3)CNC1. The third-order valence-electron chi connectivity index (χ3n) is 4.85. The second-order valence-electron chi connectivity index (χ2n) is 5.63. The van der Waals surface area contributed by atoms with Gasteiger partial charge in [0.25, 0.3) is 0 Å². The first-order valence-electron chi connectivity index (χ1n) is 6.07. The normalized spacial score (nSPS) is 43.9. The van der Waals surface area contributed by atoms with Crippen LogP contribution in [-0.4, -0.2) is 25.8 Å². The van der Waals surface area contributed by atoms with Crippen LogP contribution in [0.15, 0.2) is 0 Å². The van der Waals surface area contributed by atoms with Crippen molar-refractivity contribution in [2.24, 2.45) is 17.8 Å². The largest absolute Gasteiger partial charge is 0.376 e. The molecule has 2 bridgehead atoms. The van der Waals surface area contributed by atoms with Crippen molar-refractivity contribution < 1.29 is 4.74 Å². The summed E-state index contributed by atoms with van der Waals surface area (Å²) in [5, 5.41) is 3.35. The lowest BCUT2D eigenvalue weighted by atomic mass is 9.78. The van der Waals surface area contributed by atoms with Crippen LogP contribution in [0.4, 0.5) is 0 Å². The lowest BCUT2D eigenvalue weighted by Gasteiger charge is -2.44. The average molecular weight is 195 g/mol. The van der Waals surface area contributed by atoms with E-state index in [1.807, 2.05) is 7.11 Å². The molecule has 3 unspecified atom stereocenters. The van der Waals surface area contributed by atoms with Gasteiger partial charge in [-0.15, -0.1) is 0 Å².